The molecule has 132 valence electrons. The highest BCUT2D eigenvalue weighted by atomic mass is 35.5. The van der Waals surface area contributed by atoms with Crippen LogP contribution in [0.1, 0.15) is 20.8 Å². The topological polar surface area (TPSA) is 75.3 Å². The summed E-state index contributed by atoms with van der Waals surface area (Å²) < 4.78 is 1.62. The first-order valence-electron chi connectivity index (χ1n) is 7.85. The van der Waals surface area contributed by atoms with Gasteiger partial charge in [-0.25, -0.2) is 0 Å². The fraction of sp³-hybridized carbons (Fsp3) is 0.353. The molecule has 6 nitrogen and oxygen atoms in total. The van der Waals surface area contributed by atoms with Crippen molar-refractivity contribution in [2.75, 3.05) is 11.9 Å². The Balaban J connectivity index is 1.92. The highest BCUT2D eigenvalue weighted by Crippen LogP contribution is 2.26. The third kappa shape index (κ3) is 4.03. The van der Waals surface area contributed by atoms with Crippen molar-refractivity contribution in [2.45, 2.75) is 26.9 Å². The first-order valence-corrected chi connectivity index (χ1v) is 8.60. The van der Waals surface area contributed by atoms with E-state index in [-0.39, 0.29) is 5.41 Å². The lowest BCUT2D eigenvalue weighted by atomic mass is 9.89. The number of benzene rings is 1. The Bertz CT molecular complexity index is 883. The predicted octanol–water partition coefficient (Wildman–Crippen LogP) is 3.92. The molecule has 0 fully saturated rings. The number of nitrogens with zero attached hydrogens (tertiary/aromatic N) is 4. The maximum Gasteiger partial charge on any atom is 0.185 e. The summed E-state index contributed by atoms with van der Waals surface area (Å²) in [6.45, 7) is 6.34. The van der Waals surface area contributed by atoms with E-state index in [0.29, 0.717) is 33.9 Å². The Labute approximate surface area is 155 Å². The van der Waals surface area contributed by atoms with Crippen LogP contribution in [0, 0.1) is 5.41 Å². The lowest BCUT2D eigenvalue weighted by Gasteiger charge is -2.26. The maximum atomic E-state index is 10.2. The molecule has 8 heteroatoms. The molecule has 0 aliphatic rings. The third-order valence-corrected chi connectivity index (χ3v) is 4.30. The molecular weight excluding hydrogens is 361 g/mol. The zero-order valence-electron chi connectivity index (χ0n) is 14.2. The van der Waals surface area contributed by atoms with Crippen LogP contribution in [0.5, 0.6) is 0 Å². The van der Waals surface area contributed by atoms with Gasteiger partial charge in [-0.2, -0.15) is 4.52 Å². The molecule has 2 N–H and O–H groups in total. The number of fused-ring (bicyclic) bond motifs is 1. The Hall–Kier alpha value is -1.89. The van der Waals surface area contributed by atoms with Crippen LogP contribution in [-0.2, 0) is 0 Å². The molecule has 0 radical (unpaired) electrons. The van der Waals surface area contributed by atoms with Crippen LogP contribution < -0.4 is 5.32 Å². The maximum absolute atomic E-state index is 10.2. The van der Waals surface area contributed by atoms with Gasteiger partial charge < -0.3 is 10.4 Å². The SMILES string of the molecule is CC(C)(C)C(O)CNc1ccc2nnc(-c3cc(Cl)cc(Cl)c3)n2n1. The Morgan fingerprint density at radius 2 is 1.80 bits per heavy atom. The monoisotopic (exact) mass is 379 g/mol. The van der Waals surface area contributed by atoms with Crippen molar-refractivity contribution < 1.29 is 5.11 Å². The molecule has 0 saturated carbocycles. The summed E-state index contributed by atoms with van der Waals surface area (Å²) in [7, 11) is 0. The number of aliphatic hydroxyl groups is 1. The van der Waals surface area contributed by atoms with E-state index in [0.717, 1.165) is 5.56 Å². The lowest BCUT2D eigenvalue weighted by molar-refractivity contribution is 0.0745. The van der Waals surface area contributed by atoms with Gasteiger partial charge in [0.05, 0.1) is 6.10 Å². The Kier molecular flexibility index (Phi) is 4.86. The molecule has 0 amide bonds. The van der Waals surface area contributed by atoms with Gasteiger partial charge in [-0.15, -0.1) is 15.3 Å². The molecular formula is C17H19Cl2N5O. The average Bonchev–Trinajstić information content (AvgIpc) is 2.93. The minimum Gasteiger partial charge on any atom is -0.391 e. The van der Waals surface area contributed by atoms with Crippen LogP contribution in [0.2, 0.25) is 10.0 Å². The number of aliphatic hydroxyl groups excluding tert-OH is 1. The van der Waals surface area contributed by atoms with Gasteiger partial charge in [0.25, 0.3) is 0 Å². The minimum absolute atomic E-state index is 0.212. The molecule has 3 aromatic rings. The second-order valence-corrected chi connectivity index (χ2v) is 7.81. The van der Waals surface area contributed by atoms with Crippen molar-refractivity contribution >= 4 is 34.7 Å². The van der Waals surface area contributed by atoms with Gasteiger partial charge in [-0.3, -0.25) is 0 Å². The second-order valence-electron chi connectivity index (χ2n) is 6.93. The lowest BCUT2D eigenvalue weighted by Crippen LogP contribution is -2.33. The van der Waals surface area contributed by atoms with Crippen molar-refractivity contribution in [3.05, 3.63) is 40.4 Å². The number of rotatable bonds is 4. The third-order valence-electron chi connectivity index (χ3n) is 3.86. The van der Waals surface area contributed by atoms with Crippen molar-refractivity contribution in [1.29, 1.82) is 0 Å². The molecule has 0 bridgehead atoms. The smallest absolute Gasteiger partial charge is 0.185 e. The zero-order valence-corrected chi connectivity index (χ0v) is 15.7. The van der Waals surface area contributed by atoms with Crippen molar-refractivity contribution in [3.63, 3.8) is 0 Å². The van der Waals surface area contributed by atoms with E-state index in [1.807, 2.05) is 26.8 Å². The average molecular weight is 380 g/mol. The summed E-state index contributed by atoms with van der Waals surface area (Å²) in [5.41, 5.74) is 1.12. The Morgan fingerprint density at radius 1 is 1.12 bits per heavy atom. The van der Waals surface area contributed by atoms with Crippen molar-refractivity contribution in [2.24, 2.45) is 5.41 Å². The molecule has 1 atom stereocenters. The van der Waals surface area contributed by atoms with E-state index in [1.165, 1.54) is 0 Å². The molecule has 0 saturated heterocycles. The van der Waals surface area contributed by atoms with Gasteiger partial charge in [-0.1, -0.05) is 44.0 Å². The fourth-order valence-corrected chi connectivity index (χ4v) is 2.78. The van der Waals surface area contributed by atoms with Crippen LogP contribution in [0.4, 0.5) is 5.82 Å². The molecule has 2 aromatic heterocycles. The van der Waals surface area contributed by atoms with E-state index in [9.17, 15) is 5.11 Å². The first-order chi connectivity index (χ1) is 11.7. The summed E-state index contributed by atoms with van der Waals surface area (Å²) in [5, 5.41) is 27.1. The highest BCUT2D eigenvalue weighted by molar-refractivity contribution is 6.35. The van der Waals surface area contributed by atoms with E-state index in [2.05, 4.69) is 20.6 Å². The molecule has 0 aliphatic heterocycles. The normalized spacial score (nSPS) is 13.2. The zero-order chi connectivity index (χ0) is 18.2. The van der Waals surface area contributed by atoms with E-state index < -0.39 is 6.10 Å². The molecule has 2 heterocycles. The predicted molar refractivity (Wildman–Crippen MR) is 100 cm³/mol. The quantitative estimate of drug-likeness (QED) is 0.718. The first kappa shape index (κ1) is 17.9. The largest absolute Gasteiger partial charge is 0.391 e. The van der Waals surface area contributed by atoms with Crippen LogP contribution in [-0.4, -0.2) is 37.6 Å². The van der Waals surface area contributed by atoms with Crippen LogP contribution in [0.25, 0.3) is 17.0 Å². The number of aromatic nitrogens is 4. The van der Waals surface area contributed by atoms with E-state index >= 15 is 0 Å². The van der Waals surface area contributed by atoms with Crippen molar-refractivity contribution in [3.8, 4) is 11.4 Å². The summed E-state index contributed by atoms with van der Waals surface area (Å²) in [6.07, 6.45) is -0.503. The number of anilines is 1. The summed E-state index contributed by atoms with van der Waals surface area (Å²) in [4.78, 5) is 0. The fourth-order valence-electron chi connectivity index (χ4n) is 2.25. The van der Waals surface area contributed by atoms with Gasteiger partial charge in [0.2, 0.25) is 0 Å². The van der Waals surface area contributed by atoms with Gasteiger partial charge >= 0.3 is 0 Å². The summed E-state index contributed by atoms with van der Waals surface area (Å²) in [5.74, 6) is 1.16. The van der Waals surface area contributed by atoms with Crippen LogP contribution in [0.3, 0.4) is 0 Å². The number of hydrogen-bond donors (Lipinski definition) is 2. The standard InChI is InChI=1S/C17H19Cl2N5O/c1-17(2,3)13(25)9-20-14-4-5-15-21-22-16(24(15)23-14)10-6-11(18)8-12(19)7-10/h4-8,13,25H,9H2,1-3H3,(H,20,23). The molecule has 25 heavy (non-hydrogen) atoms. The molecule has 1 unspecified atom stereocenters. The number of halogens is 2. The number of hydrogen-bond acceptors (Lipinski definition) is 5. The summed E-state index contributed by atoms with van der Waals surface area (Å²) >= 11 is 12.1. The van der Waals surface area contributed by atoms with Gasteiger partial charge in [0.15, 0.2) is 11.5 Å². The molecule has 3 rings (SSSR count). The van der Waals surface area contributed by atoms with E-state index in [4.69, 9.17) is 23.2 Å². The van der Waals surface area contributed by atoms with Gasteiger partial charge in [0.1, 0.15) is 5.82 Å². The van der Waals surface area contributed by atoms with Gasteiger partial charge in [-0.05, 0) is 35.7 Å². The van der Waals surface area contributed by atoms with Crippen molar-refractivity contribution in [1.82, 2.24) is 19.8 Å². The molecule has 0 spiro atoms. The molecule has 1 aromatic carbocycles. The van der Waals surface area contributed by atoms with Crippen LogP contribution in [0.15, 0.2) is 30.3 Å². The minimum atomic E-state index is -0.503. The number of nitrogens with one attached hydrogen (secondary N) is 1. The highest BCUT2D eigenvalue weighted by Gasteiger charge is 2.22. The second kappa shape index (κ2) is 6.78. The molecule has 0 aliphatic carbocycles. The van der Waals surface area contributed by atoms with Gasteiger partial charge in [0, 0.05) is 22.2 Å². The Morgan fingerprint density at radius 3 is 2.44 bits per heavy atom. The summed E-state index contributed by atoms with van der Waals surface area (Å²) in [6, 6.07) is 8.78. The van der Waals surface area contributed by atoms with E-state index in [1.54, 1.807) is 28.8 Å². The van der Waals surface area contributed by atoms with Crippen LogP contribution >= 0.6 is 23.2 Å².